The lowest BCUT2D eigenvalue weighted by Gasteiger charge is -2.09. The van der Waals surface area contributed by atoms with Crippen molar-refractivity contribution in [2.45, 2.75) is 6.92 Å². The molecule has 0 heterocycles. The van der Waals surface area contributed by atoms with E-state index < -0.39 is 18.5 Å². The van der Waals surface area contributed by atoms with E-state index >= 15 is 0 Å². The zero-order valence-corrected chi connectivity index (χ0v) is 15.0. The summed E-state index contributed by atoms with van der Waals surface area (Å²) >= 11 is 2.10. The van der Waals surface area contributed by atoms with Gasteiger partial charge >= 0.3 is 5.97 Å². The molecule has 0 bridgehead atoms. The van der Waals surface area contributed by atoms with Gasteiger partial charge in [0.2, 0.25) is 5.91 Å². The topological polar surface area (TPSA) is 84.5 Å². The molecule has 0 saturated carbocycles. The fourth-order valence-electron chi connectivity index (χ4n) is 1.89. The highest BCUT2D eigenvalue weighted by atomic mass is 127. The summed E-state index contributed by atoms with van der Waals surface area (Å²) in [7, 11) is 0. The molecule has 0 aliphatic heterocycles. The Hall–Kier alpha value is -2.42. The van der Waals surface area contributed by atoms with Crippen molar-refractivity contribution in [1.29, 1.82) is 0 Å². The zero-order valence-electron chi connectivity index (χ0n) is 12.8. The predicted octanol–water partition coefficient (Wildman–Crippen LogP) is 3.05. The Balaban J connectivity index is 1.92. The Labute approximate surface area is 152 Å². The first-order valence-electron chi connectivity index (χ1n) is 7.05. The summed E-state index contributed by atoms with van der Waals surface area (Å²) in [5.74, 6) is -1.30. The first-order chi connectivity index (χ1) is 11.5. The van der Waals surface area contributed by atoms with Crippen LogP contribution in [0.5, 0.6) is 0 Å². The molecular weight excluding hydrogens is 423 g/mol. The number of halogens is 1. The predicted molar refractivity (Wildman–Crippen MR) is 98.8 cm³/mol. The maximum atomic E-state index is 12.0. The third-order valence-corrected chi connectivity index (χ3v) is 3.84. The van der Waals surface area contributed by atoms with Crippen LogP contribution in [0.15, 0.2) is 48.5 Å². The van der Waals surface area contributed by atoms with Crippen LogP contribution >= 0.6 is 22.6 Å². The van der Waals surface area contributed by atoms with Crippen LogP contribution in [-0.4, -0.2) is 24.4 Å². The fraction of sp³-hybridized carbons (Fsp3) is 0.118. The minimum absolute atomic E-state index is 0.239. The number of hydrogen-bond donors (Lipinski definition) is 2. The van der Waals surface area contributed by atoms with E-state index in [9.17, 15) is 14.4 Å². The van der Waals surface area contributed by atoms with E-state index in [2.05, 4.69) is 33.2 Å². The summed E-state index contributed by atoms with van der Waals surface area (Å²) in [6.07, 6.45) is 0. The highest BCUT2D eigenvalue weighted by Crippen LogP contribution is 2.17. The first-order valence-corrected chi connectivity index (χ1v) is 8.13. The molecular formula is C17H15IN2O4. The molecule has 2 aromatic carbocycles. The number of anilines is 2. The summed E-state index contributed by atoms with van der Waals surface area (Å²) in [6, 6.07) is 13.6. The zero-order chi connectivity index (χ0) is 17.5. The monoisotopic (exact) mass is 438 g/mol. The Morgan fingerprint density at radius 2 is 1.79 bits per heavy atom. The number of ether oxygens (including phenoxy) is 1. The minimum atomic E-state index is -0.639. The number of rotatable bonds is 5. The van der Waals surface area contributed by atoms with Gasteiger partial charge in [-0.05, 0) is 52.9 Å². The molecule has 0 radical (unpaired) electrons. The van der Waals surface area contributed by atoms with Crippen LogP contribution in [0.4, 0.5) is 11.4 Å². The molecule has 0 aliphatic rings. The summed E-state index contributed by atoms with van der Waals surface area (Å²) in [6.45, 7) is 0.981. The number of amides is 2. The largest absolute Gasteiger partial charge is 0.452 e. The lowest BCUT2D eigenvalue weighted by Crippen LogP contribution is -2.21. The second-order valence-corrected chi connectivity index (χ2v) is 6.03. The second kappa shape index (κ2) is 8.44. The summed E-state index contributed by atoms with van der Waals surface area (Å²) < 4.78 is 5.88. The molecule has 0 fully saturated rings. The fourth-order valence-corrected chi connectivity index (χ4v) is 2.41. The molecule has 0 atom stereocenters. The number of nitrogens with one attached hydrogen (secondary N) is 2. The standard InChI is InChI=1S/C17H15IN2O4/c1-11(21)19-13-6-4-5-12(9-13)17(23)24-10-16(22)20-15-8-3-2-7-14(15)18/h2-9H,10H2,1H3,(H,19,21)(H,20,22). The van der Waals surface area contributed by atoms with E-state index in [1.165, 1.54) is 13.0 Å². The van der Waals surface area contributed by atoms with Gasteiger partial charge in [0.25, 0.3) is 5.91 Å². The SMILES string of the molecule is CC(=O)Nc1cccc(C(=O)OCC(=O)Nc2ccccc2I)c1. The van der Waals surface area contributed by atoms with Crippen molar-refractivity contribution in [1.82, 2.24) is 0 Å². The van der Waals surface area contributed by atoms with Crippen molar-refractivity contribution >= 4 is 51.7 Å². The minimum Gasteiger partial charge on any atom is -0.452 e. The van der Waals surface area contributed by atoms with Gasteiger partial charge in [0.1, 0.15) is 0 Å². The quantitative estimate of drug-likeness (QED) is 0.556. The van der Waals surface area contributed by atoms with Crippen molar-refractivity contribution in [2.24, 2.45) is 0 Å². The molecule has 2 rings (SSSR count). The Kier molecular flexibility index (Phi) is 6.30. The van der Waals surface area contributed by atoms with E-state index in [-0.39, 0.29) is 11.5 Å². The van der Waals surface area contributed by atoms with Crippen molar-refractivity contribution in [2.75, 3.05) is 17.2 Å². The second-order valence-electron chi connectivity index (χ2n) is 4.87. The van der Waals surface area contributed by atoms with Gasteiger partial charge in [-0.1, -0.05) is 18.2 Å². The molecule has 24 heavy (non-hydrogen) atoms. The summed E-state index contributed by atoms with van der Waals surface area (Å²) in [5.41, 5.74) is 1.40. The van der Waals surface area contributed by atoms with Crippen LogP contribution in [0, 0.1) is 3.57 Å². The van der Waals surface area contributed by atoms with Crippen LogP contribution in [0.2, 0.25) is 0 Å². The van der Waals surface area contributed by atoms with Gasteiger partial charge < -0.3 is 15.4 Å². The van der Waals surface area contributed by atoms with Gasteiger partial charge in [-0.3, -0.25) is 9.59 Å². The van der Waals surface area contributed by atoms with Crippen molar-refractivity contribution in [3.63, 3.8) is 0 Å². The Morgan fingerprint density at radius 1 is 1.04 bits per heavy atom. The average molecular weight is 438 g/mol. The third-order valence-electron chi connectivity index (χ3n) is 2.90. The first kappa shape index (κ1) is 17.9. The van der Waals surface area contributed by atoms with Crippen molar-refractivity contribution in [3.05, 3.63) is 57.7 Å². The molecule has 2 aromatic rings. The molecule has 0 unspecified atom stereocenters. The molecule has 0 aliphatic carbocycles. The number of para-hydroxylation sites is 1. The normalized spacial score (nSPS) is 9.92. The van der Waals surface area contributed by atoms with Gasteiger partial charge in [0.15, 0.2) is 6.61 Å². The molecule has 2 amide bonds. The lowest BCUT2D eigenvalue weighted by atomic mass is 10.2. The highest BCUT2D eigenvalue weighted by Gasteiger charge is 2.12. The maximum Gasteiger partial charge on any atom is 0.338 e. The van der Waals surface area contributed by atoms with Crippen LogP contribution in [0.25, 0.3) is 0 Å². The number of esters is 1. The maximum absolute atomic E-state index is 12.0. The Bertz CT molecular complexity index is 777. The smallest absolute Gasteiger partial charge is 0.338 e. The van der Waals surface area contributed by atoms with Gasteiger partial charge in [-0.25, -0.2) is 4.79 Å². The van der Waals surface area contributed by atoms with Gasteiger partial charge in [-0.2, -0.15) is 0 Å². The number of carbonyl (C=O) groups excluding carboxylic acids is 3. The van der Waals surface area contributed by atoms with Crippen molar-refractivity contribution in [3.8, 4) is 0 Å². The van der Waals surface area contributed by atoms with E-state index in [1.54, 1.807) is 30.3 Å². The van der Waals surface area contributed by atoms with Crippen molar-refractivity contribution < 1.29 is 19.1 Å². The number of carbonyl (C=O) groups is 3. The molecule has 0 aromatic heterocycles. The van der Waals surface area contributed by atoms with E-state index in [0.717, 1.165) is 3.57 Å². The molecule has 7 heteroatoms. The average Bonchev–Trinajstić information content (AvgIpc) is 2.54. The van der Waals surface area contributed by atoms with Crippen LogP contribution in [0.3, 0.4) is 0 Å². The third kappa shape index (κ3) is 5.34. The summed E-state index contributed by atoms with van der Waals surface area (Å²) in [4.78, 5) is 34.9. The Morgan fingerprint density at radius 3 is 2.50 bits per heavy atom. The van der Waals surface area contributed by atoms with Gasteiger partial charge in [-0.15, -0.1) is 0 Å². The lowest BCUT2D eigenvalue weighted by molar-refractivity contribution is -0.119. The molecule has 0 spiro atoms. The van der Waals surface area contributed by atoms with Gasteiger partial charge in [0.05, 0.1) is 11.3 Å². The van der Waals surface area contributed by atoms with E-state index in [4.69, 9.17) is 4.74 Å². The summed E-state index contributed by atoms with van der Waals surface area (Å²) in [5, 5.41) is 5.25. The van der Waals surface area contributed by atoms with Crippen LogP contribution < -0.4 is 10.6 Å². The number of benzene rings is 2. The molecule has 124 valence electrons. The van der Waals surface area contributed by atoms with Crippen LogP contribution in [0.1, 0.15) is 17.3 Å². The van der Waals surface area contributed by atoms with E-state index in [1.807, 2.05) is 12.1 Å². The van der Waals surface area contributed by atoms with Gasteiger partial charge in [0, 0.05) is 16.2 Å². The van der Waals surface area contributed by atoms with Crippen LogP contribution in [-0.2, 0) is 14.3 Å². The number of hydrogen-bond acceptors (Lipinski definition) is 4. The highest BCUT2D eigenvalue weighted by molar-refractivity contribution is 14.1. The molecule has 0 saturated heterocycles. The molecule has 2 N–H and O–H groups in total. The van der Waals surface area contributed by atoms with E-state index in [0.29, 0.717) is 11.4 Å². The molecule has 6 nitrogen and oxygen atoms in total.